The van der Waals surface area contributed by atoms with Crippen molar-refractivity contribution in [2.75, 3.05) is 93.8 Å². The number of nitrogens with two attached hydrogens (primary N) is 2. The average Bonchev–Trinajstić information content (AvgIpc) is 3.87. The number of rotatable bonds is 6. The third kappa shape index (κ3) is 7.83. The number of aromatic amines is 4. The van der Waals surface area contributed by atoms with Gasteiger partial charge >= 0.3 is 0 Å². The van der Waals surface area contributed by atoms with Gasteiger partial charge in [0.2, 0.25) is 0 Å². The lowest BCUT2D eigenvalue weighted by atomic mass is 10.1. The molecule has 0 atom stereocenters. The van der Waals surface area contributed by atoms with Crippen molar-refractivity contribution < 1.29 is 13.3 Å². The normalized spacial score (nSPS) is 15.6. The number of hydrogen-bond acceptors (Lipinski definition) is 9. The van der Waals surface area contributed by atoms with Crippen LogP contribution in [0, 0.1) is 11.6 Å². The molecule has 0 amide bonds. The summed E-state index contributed by atoms with van der Waals surface area (Å²) in [5, 5.41) is 0.394. The number of pyridine rings is 2. The fourth-order valence-electron chi connectivity index (χ4n) is 8.61. The molecule has 2 saturated heterocycles. The zero-order valence-corrected chi connectivity index (χ0v) is 37.1. The Bertz CT molecular complexity index is 3070. The number of halogens is 3. The molecular formula is C45H50F2IN12O2+. The Labute approximate surface area is 372 Å². The van der Waals surface area contributed by atoms with Gasteiger partial charge in [0.15, 0.2) is 0 Å². The van der Waals surface area contributed by atoms with E-state index >= 15 is 0 Å². The van der Waals surface area contributed by atoms with Crippen LogP contribution >= 0.6 is 24.0 Å². The molecule has 0 spiro atoms. The summed E-state index contributed by atoms with van der Waals surface area (Å²) in [6, 6.07) is 21.1. The predicted octanol–water partition coefficient (Wildman–Crippen LogP) is 6.63. The number of nitrogens with zero attached hydrogens (tertiary/aromatic N) is 6. The van der Waals surface area contributed by atoms with Crippen LogP contribution in [-0.4, -0.2) is 112 Å². The molecule has 62 heavy (non-hydrogen) atoms. The third-order valence-electron chi connectivity index (χ3n) is 12.6. The van der Waals surface area contributed by atoms with Crippen LogP contribution < -0.4 is 32.4 Å². The standard InChI is InChI=1S/C23H25FN6O.C22H23FN6O.HI/c1-3-30(2)11-9-29(10-12-30)14-7-8-16-18(13-14)27-22(26-16)20-21(25)19-15(24)5-4-6-17(19)28-23(20)31;1-2-28-8-10-29(11-9-28)13-6-7-15-17(12-13)26-21(25-15)19-20(24)18-14(23)4-3-5-16(18)27-22(19)30;/h4-8,13H,3,9-12H2,1-2H3,(H3-,25,26,27,28,31);3-7,12H,2,8-11H2,1H3,(H,25,26)(H3,24,27,30);1H/p+1. The van der Waals surface area contributed by atoms with Gasteiger partial charge in [0.25, 0.3) is 11.1 Å². The maximum Gasteiger partial charge on any atom is 0.261 e. The number of nitrogens with one attached hydrogen (secondary N) is 4. The summed E-state index contributed by atoms with van der Waals surface area (Å²) < 4.78 is 29.8. The van der Waals surface area contributed by atoms with E-state index < -0.39 is 22.8 Å². The Morgan fingerprint density at radius 3 is 1.52 bits per heavy atom. The fourth-order valence-corrected chi connectivity index (χ4v) is 8.61. The van der Waals surface area contributed by atoms with Gasteiger partial charge in [-0.05, 0) is 74.1 Å². The van der Waals surface area contributed by atoms with Crippen LogP contribution in [0.2, 0.25) is 0 Å². The number of fused-ring (bicyclic) bond motifs is 4. The van der Waals surface area contributed by atoms with E-state index in [0.29, 0.717) is 22.7 Å². The number of anilines is 4. The maximum absolute atomic E-state index is 14.4. The van der Waals surface area contributed by atoms with Gasteiger partial charge in [-0.1, -0.05) is 19.1 Å². The van der Waals surface area contributed by atoms with Crippen molar-refractivity contribution in [3.05, 3.63) is 105 Å². The minimum Gasteiger partial charge on any atom is -0.397 e. The first-order valence-electron chi connectivity index (χ1n) is 20.7. The molecule has 2 aliphatic heterocycles. The number of nitrogen functional groups attached to an aromatic ring is 2. The topological polar surface area (TPSA) is 185 Å². The van der Waals surface area contributed by atoms with Crippen molar-refractivity contribution in [1.29, 1.82) is 0 Å². The zero-order chi connectivity index (χ0) is 42.6. The Morgan fingerprint density at radius 1 is 0.629 bits per heavy atom. The fraction of sp³-hybridized carbons (Fsp3) is 0.289. The van der Waals surface area contributed by atoms with Gasteiger partial charge in [0.1, 0.15) is 34.4 Å². The van der Waals surface area contributed by atoms with E-state index in [0.717, 1.165) is 103 Å². The number of hydrogen-bond donors (Lipinski definition) is 6. The molecule has 2 aliphatic rings. The Balaban J connectivity index is 0.000000168. The summed E-state index contributed by atoms with van der Waals surface area (Å²) in [7, 11) is 2.30. The summed E-state index contributed by atoms with van der Waals surface area (Å²) in [6.07, 6.45) is 0. The summed E-state index contributed by atoms with van der Waals surface area (Å²) >= 11 is 0. The van der Waals surface area contributed by atoms with E-state index in [4.69, 9.17) is 11.5 Å². The second kappa shape index (κ2) is 17.0. The highest BCUT2D eigenvalue weighted by atomic mass is 127. The van der Waals surface area contributed by atoms with Gasteiger partial charge in [-0.2, -0.15) is 0 Å². The molecule has 0 radical (unpaired) electrons. The second-order valence-electron chi connectivity index (χ2n) is 16.2. The summed E-state index contributed by atoms with van der Waals surface area (Å²) in [6.45, 7) is 14.8. The first-order chi connectivity index (χ1) is 29.4. The molecule has 322 valence electrons. The van der Waals surface area contributed by atoms with Crippen LogP contribution in [0.15, 0.2) is 82.4 Å². The Kier molecular flexibility index (Phi) is 11.7. The number of piperazine rings is 2. The molecule has 17 heteroatoms. The monoisotopic (exact) mass is 955 g/mol. The lowest BCUT2D eigenvalue weighted by Crippen LogP contribution is -2.57. The minimum atomic E-state index is -0.480. The molecule has 2 fully saturated rings. The van der Waals surface area contributed by atoms with E-state index in [1.54, 1.807) is 12.1 Å². The predicted molar refractivity (Wildman–Crippen MR) is 256 cm³/mol. The van der Waals surface area contributed by atoms with E-state index in [2.05, 4.69) is 77.6 Å². The first-order valence-corrected chi connectivity index (χ1v) is 20.7. The first kappa shape index (κ1) is 42.6. The van der Waals surface area contributed by atoms with Crippen LogP contribution in [0.3, 0.4) is 0 Å². The molecule has 14 nitrogen and oxygen atoms in total. The molecule has 8 N–H and O–H groups in total. The SMILES string of the molecule is CCN1CCN(c2ccc3nc(-c4c(N)c5c(F)cccc5[nH]c4=O)[nH]c3c2)CC1.CC[N+]1(C)CCN(c2ccc3nc(-c4c(N)c5c(F)cccc5[nH]c4=O)[nH]c3c2)CC1.I. The van der Waals surface area contributed by atoms with Gasteiger partial charge in [-0.15, -0.1) is 24.0 Å². The van der Waals surface area contributed by atoms with Crippen LogP contribution in [0.25, 0.3) is 66.6 Å². The Hall–Kier alpha value is -6.05. The lowest BCUT2D eigenvalue weighted by molar-refractivity contribution is -0.908. The highest BCUT2D eigenvalue weighted by molar-refractivity contribution is 14.0. The molecule has 0 unspecified atom stereocenters. The van der Waals surface area contributed by atoms with Gasteiger partial charge < -0.3 is 50.6 Å². The van der Waals surface area contributed by atoms with Crippen molar-refractivity contribution in [2.45, 2.75) is 13.8 Å². The smallest absolute Gasteiger partial charge is 0.261 e. The number of likely N-dealkylation sites (N-methyl/N-ethyl adjacent to an activating group) is 2. The van der Waals surface area contributed by atoms with Gasteiger partial charge in [-0.25, -0.2) is 18.7 Å². The summed E-state index contributed by atoms with van der Waals surface area (Å²) in [4.78, 5) is 53.5. The molecule has 6 heterocycles. The molecule has 0 aliphatic carbocycles. The number of quaternary nitrogens is 1. The maximum atomic E-state index is 14.4. The number of H-pyrrole nitrogens is 4. The number of benzene rings is 4. The van der Waals surface area contributed by atoms with E-state index in [-0.39, 0.29) is 57.3 Å². The van der Waals surface area contributed by atoms with Crippen molar-refractivity contribution >= 4 is 90.6 Å². The molecule has 10 rings (SSSR count). The Morgan fingerprint density at radius 2 is 1.08 bits per heavy atom. The highest BCUT2D eigenvalue weighted by Gasteiger charge is 2.28. The molecule has 4 aromatic carbocycles. The minimum absolute atomic E-state index is 0. The van der Waals surface area contributed by atoms with E-state index in [1.807, 2.05) is 24.3 Å². The second-order valence-corrected chi connectivity index (χ2v) is 16.2. The van der Waals surface area contributed by atoms with Crippen LogP contribution in [-0.2, 0) is 0 Å². The van der Waals surface area contributed by atoms with Gasteiger partial charge in [-0.3, -0.25) is 9.59 Å². The van der Waals surface area contributed by atoms with Crippen molar-refractivity contribution in [1.82, 2.24) is 34.8 Å². The third-order valence-corrected chi connectivity index (χ3v) is 12.6. The van der Waals surface area contributed by atoms with E-state index in [9.17, 15) is 18.4 Å². The van der Waals surface area contributed by atoms with Crippen molar-refractivity contribution in [3.63, 3.8) is 0 Å². The molecule has 8 aromatic rings. The molecule has 4 aromatic heterocycles. The average molecular weight is 956 g/mol. The van der Waals surface area contributed by atoms with E-state index in [1.165, 1.54) is 24.3 Å². The van der Waals surface area contributed by atoms with Gasteiger partial charge in [0, 0.05) is 37.6 Å². The highest BCUT2D eigenvalue weighted by Crippen LogP contribution is 2.33. The van der Waals surface area contributed by atoms with Crippen LogP contribution in [0.1, 0.15) is 13.8 Å². The molecular weight excluding hydrogens is 905 g/mol. The quantitative estimate of drug-likeness (QED) is 0.0787. The summed E-state index contributed by atoms with van der Waals surface area (Å²) in [5.41, 5.74) is 18.2. The van der Waals surface area contributed by atoms with Crippen molar-refractivity contribution in [2.24, 2.45) is 0 Å². The largest absolute Gasteiger partial charge is 0.397 e. The van der Waals surface area contributed by atoms with Crippen LogP contribution in [0.5, 0.6) is 0 Å². The van der Waals surface area contributed by atoms with Gasteiger partial charge in [0.05, 0.1) is 95.0 Å². The lowest BCUT2D eigenvalue weighted by Gasteiger charge is -2.42. The van der Waals surface area contributed by atoms with Crippen molar-refractivity contribution in [3.8, 4) is 22.8 Å². The molecule has 0 saturated carbocycles. The summed E-state index contributed by atoms with van der Waals surface area (Å²) in [5.74, 6) is -0.285. The number of imidazole rings is 2. The number of aromatic nitrogens is 6. The van der Waals surface area contributed by atoms with Crippen LogP contribution in [0.4, 0.5) is 31.5 Å². The zero-order valence-electron chi connectivity index (χ0n) is 34.8. The molecule has 0 bridgehead atoms.